The number of ether oxygens (including phenoxy) is 2. The number of pyridine rings is 1. The van der Waals surface area contributed by atoms with Crippen molar-refractivity contribution in [2.75, 3.05) is 30.5 Å². The Labute approximate surface area is 181 Å². The number of hydrogen-bond donors (Lipinski definition) is 2. The Hall–Kier alpha value is -3.48. The van der Waals surface area contributed by atoms with E-state index in [2.05, 4.69) is 15.2 Å². The van der Waals surface area contributed by atoms with E-state index in [1.165, 1.54) is 7.11 Å². The van der Waals surface area contributed by atoms with Gasteiger partial charge in [-0.15, -0.1) is 0 Å². The van der Waals surface area contributed by atoms with Gasteiger partial charge in [-0.25, -0.2) is 4.79 Å². The van der Waals surface area contributed by atoms with Crippen LogP contribution >= 0.6 is 0 Å². The van der Waals surface area contributed by atoms with Crippen molar-refractivity contribution in [3.05, 3.63) is 64.4 Å². The molecule has 3 aromatic rings. The molecular weight excluding hydrogens is 394 g/mol. The van der Waals surface area contributed by atoms with Crippen LogP contribution in [0.4, 0.5) is 11.4 Å². The highest BCUT2D eigenvalue weighted by molar-refractivity contribution is 5.81. The van der Waals surface area contributed by atoms with Gasteiger partial charge in [0.2, 0.25) is 0 Å². The number of methoxy groups -OCH3 is 1. The molecule has 7 nitrogen and oxygen atoms in total. The number of nitrogens with one attached hydrogen (secondary N) is 2. The number of fused-ring (bicyclic) bond motifs is 1. The zero-order chi connectivity index (χ0) is 21.8. The first-order valence-corrected chi connectivity index (χ1v) is 10.6. The standard InChI is InChI=1S/C24H27N3O4/c1-3-31-20-11-6-16-13-17(23(28)26-21(16)14-20)15-25-18-7-9-19(10-8-18)27-12-4-5-22(27)24(29)30-2/h6-11,13-14,22,25H,3-5,12,15H2,1-2H3,(H,26,28)/t22-/m1/s1. The zero-order valence-electron chi connectivity index (χ0n) is 17.8. The molecule has 2 aromatic carbocycles. The third-order valence-corrected chi connectivity index (χ3v) is 5.61. The van der Waals surface area contributed by atoms with E-state index in [0.717, 1.165) is 47.4 Å². The molecular formula is C24H27N3O4. The van der Waals surface area contributed by atoms with Gasteiger partial charge in [-0.05, 0) is 67.6 Å². The van der Waals surface area contributed by atoms with Crippen molar-refractivity contribution in [3.63, 3.8) is 0 Å². The molecule has 0 amide bonds. The summed E-state index contributed by atoms with van der Waals surface area (Å²) in [5.41, 5.74) is 3.19. The number of carbonyl (C=O) groups is 1. The van der Waals surface area contributed by atoms with Crippen molar-refractivity contribution in [1.29, 1.82) is 0 Å². The topological polar surface area (TPSA) is 83.7 Å². The predicted molar refractivity (Wildman–Crippen MR) is 122 cm³/mol. The summed E-state index contributed by atoms with van der Waals surface area (Å²) >= 11 is 0. The molecule has 1 aliphatic heterocycles. The molecule has 0 radical (unpaired) electrons. The second-order valence-corrected chi connectivity index (χ2v) is 7.58. The quantitative estimate of drug-likeness (QED) is 0.566. The third-order valence-electron chi connectivity index (χ3n) is 5.61. The molecule has 7 heteroatoms. The fraction of sp³-hybridized carbons (Fsp3) is 0.333. The van der Waals surface area contributed by atoms with Crippen molar-refractivity contribution >= 4 is 28.2 Å². The van der Waals surface area contributed by atoms with E-state index < -0.39 is 0 Å². The number of aromatic nitrogens is 1. The fourth-order valence-electron chi connectivity index (χ4n) is 4.04. The van der Waals surface area contributed by atoms with E-state index >= 15 is 0 Å². The second-order valence-electron chi connectivity index (χ2n) is 7.58. The smallest absolute Gasteiger partial charge is 0.328 e. The van der Waals surface area contributed by atoms with Gasteiger partial charge >= 0.3 is 5.97 Å². The van der Waals surface area contributed by atoms with Crippen LogP contribution in [0.1, 0.15) is 25.3 Å². The average Bonchev–Trinajstić information content (AvgIpc) is 3.28. The van der Waals surface area contributed by atoms with Crippen molar-refractivity contribution in [3.8, 4) is 5.75 Å². The van der Waals surface area contributed by atoms with E-state index in [9.17, 15) is 9.59 Å². The maximum absolute atomic E-state index is 12.5. The summed E-state index contributed by atoms with van der Waals surface area (Å²) in [6, 6.07) is 15.3. The van der Waals surface area contributed by atoms with E-state index in [-0.39, 0.29) is 17.6 Å². The molecule has 0 bridgehead atoms. The molecule has 2 heterocycles. The van der Waals surface area contributed by atoms with Gasteiger partial charge in [0.05, 0.1) is 19.2 Å². The van der Waals surface area contributed by atoms with Crippen LogP contribution in [0.5, 0.6) is 5.75 Å². The van der Waals surface area contributed by atoms with Gasteiger partial charge in [-0.3, -0.25) is 4.79 Å². The van der Waals surface area contributed by atoms with Gasteiger partial charge in [0, 0.05) is 36.1 Å². The first-order valence-electron chi connectivity index (χ1n) is 10.6. The molecule has 0 aliphatic carbocycles. The van der Waals surface area contributed by atoms with Gasteiger partial charge in [-0.1, -0.05) is 0 Å². The molecule has 2 N–H and O–H groups in total. The molecule has 0 saturated carbocycles. The van der Waals surface area contributed by atoms with Gasteiger partial charge in [0.15, 0.2) is 0 Å². The monoisotopic (exact) mass is 421 g/mol. The van der Waals surface area contributed by atoms with E-state index in [0.29, 0.717) is 18.7 Å². The minimum atomic E-state index is -0.219. The summed E-state index contributed by atoms with van der Waals surface area (Å²) in [6.07, 6.45) is 1.78. The fourth-order valence-corrected chi connectivity index (χ4v) is 4.04. The normalized spacial score (nSPS) is 15.8. The highest BCUT2D eigenvalue weighted by Crippen LogP contribution is 2.27. The highest BCUT2D eigenvalue weighted by Gasteiger charge is 2.31. The van der Waals surface area contributed by atoms with Gasteiger partial charge in [-0.2, -0.15) is 0 Å². The first kappa shape index (κ1) is 20.8. The van der Waals surface area contributed by atoms with Crippen LogP contribution < -0.4 is 20.5 Å². The highest BCUT2D eigenvalue weighted by atomic mass is 16.5. The maximum atomic E-state index is 12.5. The Balaban J connectivity index is 1.45. The largest absolute Gasteiger partial charge is 0.494 e. The summed E-state index contributed by atoms with van der Waals surface area (Å²) in [5, 5.41) is 4.26. The molecule has 1 aliphatic rings. The Bertz CT molecular complexity index is 1120. The molecule has 162 valence electrons. The van der Waals surface area contributed by atoms with Crippen LogP contribution in [0.25, 0.3) is 10.9 Å². The van der Waals surface area contributed by atoms with Crippen molar-refractivity contribution < 1.29 is 14.3 Å². The summed E-state index contributed by atoms with van der Waals surface area (Å²) < 4.78 is 10.4. The van der Waals surface area contributed by atoms with Crippen LogP contribution in [0.3, 0.4) is 0 Å². The Morgan fingerprint density at radius 3 is 2.74 bits per heavy atom. The van der Waals surface area contributed by atoms with Crippen LogP contribution in [-0.2, 0) is 16.1 Å². The number of nitrogens with zero attached hydrogens (tertiary/aromatic N) is 1. The Kier molecular flexibility index (Phi) is 6.11. The van der Waals surface area contributed by atoms with Gasteiger partial charge < -0.3 is 24.7 Å². The molecule has 31 heavy (non-hydrogen) atoms. The van der Waals surface area contributed by atoms with Crippen LogP contribution in [0.15, 0.2) is 53.3 Å². The lowest BCUT2D eigenvalue weighted by Gasteiger charge is -2.25. The van der Waals surface area contributed by atoms with Crippen molar-refractivity contribution in [2.45, 2.75) is 32.4 Å². The Morgan fingerprint density at radius 1 is 1.19 bits per heavy atom. The van der Waals surface area contributed by atoms with Crippen LogP contribution in [0.2, 0.25) is 0 Å². The number of rotatable bonds is 7. The van der Waals surface area contributed by atoms with E-state index in [1.807, 2.05) is 55.5 Å². The molecule has 4 rings (SSSR count). The summed E-state index contributed by atoms with van der Waals surface area (Å²) in [5.74, 6) is 0.549. The molecule has 1 aromatic heterocycles. The minimum absolute atomic E-state index is 0.122. The molecule has 0 unspecified atom stereocenters. The zero-order valence-corrected chi connectivity index (χ0v) is 17.8. The summed E-state index contributed by atoms with van der Waals surface area (Å²) in [6.45, 7) is 3.75. The molecule has 1 fully saturated rings. The third kappa shape index (κ3) is 4.50. The summed E-state index contributed by atoms with van der Waals surface area (Å²) in [4.78, 5) is 29.5. The SMILES string of the molecule is CCOc1ccc2cc(CNc3ccc(N4CCC[C@@H]4C(=O)OC)cc3)c(=O)[nH]c2c1. The first-order chi connectivity index (χ1) is 15.1. The van der Waals surface area contributed by atoms with E-state index in [1.54, 1.807) is 0 Å². The van der Waals surface area contributed by atoms with Crippen LogP contribution in [0, 0.1) is 0 Å². The predicted octanol–water partition coefficient (Wildman–Crippen LogP) is 3.68. The van der Waals surface area contributed by atoms with Crippen molar-refractivity contribution in [2.24, 2.45) is 0 Å². The van der Waals surface area contributed by atoms with E-state index in [4.69, 9.17) is 9.47 Å². The molecule has 1 atom stereocenters. The number of H-pyrrole nitrogens is 1. The lowest BCUT2D eigenvalue weighted by atomic mass is 10.1. The minimum Gasteiger partial charge on any atom is -0.494 e. The van der Waals surface area contributed by atoms with Crippen molar-refractivity contribution in [1.82, 2.24) is 4.98 Å². The number of aromatic amines is 1. The number of benzene rings is 2. The van der Waals surface area contributed by atoms with Gasteiger partial charge in [0.25, 0.3) is 5.56 Å². The lowest BCUT2D eigenvalue weighted by Crippen LogP contribution is -2.36. The maximum Gasteiger partial charge on any atom is 0.328 e. The number of esters is 1. The number of carbonyl (C=O) groups excluding carboxylic acids is 1. The van der Waals surface area contributed by atoms with Gasteiger partial charge in [0.1, 0.15) is 11.8 Å². The lowest BCUT2D eigenvalue weighted by molar-refractivity contribution is -0.141. The second kappa shape index (κ2) is 9.12. The Morgan fingerprint density at radius 2 is 2.00 bits per heavy atom. The summed E-state index contributed by atoms with van der Waals surface area (Å²) in [7, 11) is 1.43. The number of hydrogen-bond acceptors (Lipinski definition) is 6. The number of anilines is 2. The molecule has 0 spiro atoms. The van der Waals surface area contributed by atoms with Crippen LogP contribution in [-0.4, -0.2) is 37.3 Å². The average molecular weight is 421 g/mol. The molecule has 1 saturated heterocycles.